The average Bonchev–Trinajstić information content (AvgIpc) is 2.34. The standard InChI is InChI=1S/C12H14BrClFNO/c13-6-11-8-17-4-3-16(11)7-9-5-10(14)1-2-12(9)15/h1-2,5,11H,3-4,6-8H2. The normalized spacial score (nSPS) is 21.7. The van der Waals surface area contributed by atoms with Crippen molar-refractivity contribution in [3.8, 4) is 0 Å². The van der Waals surface area contributed by atoms with Crippen LogP contribution in [-0.2, 0) is 11.3 Å². The van der Waals surface area contributed by atoms with Gasteiger partial charge in [0, 0.05) is 35.0 Å². The molecule has 2 nitrogen and oxygen atoms in total. The molecule has 1 heterocycles. The van der Waals surface area contributed by atoms with Gasteiger partial charge in [-0.15, -0.1) is 0 Å². The van der Waals surface area contributed by atoms with E-state index in [1.807, 2.05) is 0 Å². The second-order valence-electron chi connectivity index (χ2n) is 4.09. The maximum Gasteiger partial charge on any atom is 0.127 e. The first-order valence-corrected chi connectivity index (χ1v) is 7.02. The van der Waals surface area contributed by atoms with E-state index in [9.17, 15) is 4.39 Å². The van der Waals surface area contributed by atoms with E-state index in [0.717, 1.165) is 11.9 Å². The van der Waals surface area contributed by atoms with E-state index >= 15 is 0 Å². The second kappa shape index (κ2) is 6.14. The van der Waals surface area contributed by atoms with Crippen LogP contribution in [0.3, 0.4) is 0 Å². The summed E-state index contributed by atoms with van der Waals surface area (Å²) in [5.74, 6) is -0.200. The number of hydrogen-bond donors (Lipinski definition) is 0. The third-order valence-electron chi connectivity index (χ3n) is 2.91. The maximum absolute atomic E-state index is 13.6. The van der Waals surface area contributed by atoms with E-state index in [4.69, 9.17) is 16.3 Å². The fourth-order valence-corrected chi connectivity index (χ4v) is 2.71. The highest BCUT2D eigenvalue weighted by Crippen LogP contribution is 2.19. The summed E-state index contributed by atoms with van der Waals surface area (Å²) in [5, 5.41) is 1.40. The highest BCUT2D eigenvalue weighted by molar-refractivity contribution is 9.09. The van der Waals surface area contributed by atoms with Crippen molar-refractivity contribution in [3.63, 3.8) is 0 Å². The van der Waals surface area contributed by atoms with E-state index < -0.39 is 0 Å². The van der Waals surface area contributed by atoms with Gasteiger partial charge in [0.1, 0.15) is 5.82 Å². The zero-order valence-electron chi connectivity index (χ0n) is 9.33. The summed E-state index contributed by atoms with van der Waals surface area (Å²) in [5.41, 5.74) is 0.644. The van der Waals surface area contributed by atoms with E-state index in [2.05, 4.69) is 20.8 Å². The molecular formula is C12H14BrClFNO. The molecule has 1 aromatic carbocycles. The van der Waals surface area contributed by atoms with Crippen molar-refractivity contribution in [1.29, 1.82) is 0 Å². The molecule has 1 atom stereocenters. The Balaban J connectivity index is 2.10. The molecule has 17 heavy (non-hydrogen) atoms. The van der Waals surface area contributed by atoms with Crippen molar-refractivity contribution in [2.75, 3.05) is 25.1 Å². The van der Waals surface area contributed by atoms with Crippen LogP contribution in [0.15, 0.2) is 18.2 Å². The van der Waals surface area contributed by atoms with Gasteiger partial charge in [0.25, 0.3) is 0 Å². The quantitative estimate of drug-likeness (QED) is 0.793. The average molecular weight is 323 g/mol. The summed E-state index contributed by atoms with van der Waals surface area (Å²) >= 11 is 9.34. The number of ether oxygens (including phenoxy) is 1. The monoisotopic (exact) mass is 321 g/mol. The lowest BCUT2D eigenvalue weighted by Crippen LogP contribution is -2.45. The van der Waals surface area contributed by atoms with Crippen LogP contribution < -0.4 is 0 Å². The Labute approximate surface area is 114 Å². The van der Waals surface area contributed by atoms with Crippen LogP contribution >= 0.6 is 27.5 Å². The molecule has 1 aliphatic rings. The molecule has 0 saturated carbocycles. The van der Waals surface area contributed by atoms with Gasteiger partial charge in [0.2, 0.25) is 0 Å². The molecule has 0 radical (unpaired) electrons. The van der Waals surface area contributed by atoms with Gasteiger partial charge < -0.3 is 4.74 Å². The molecule has 2 rings (SSSR count). The molecule has 1 saturated heterocycles. The second-order valence-corrected chi connectivity index (χ2v) is 5.17. The molecule has 0 N–H and O–H groups in total. The molecule has 0 bridgehead atoms. The molecule has 0 amide bonds. The van der Waals surface area contributed by atoms with Gasteiger partial charge in [0.05, 0.1) is 13.2 Å². The van der Waals surface area contributed by atoms with Gasteiger partial charge in [0.15, 0.2) is 0 Å². The summed E-state index contributed by atoms with van der Waals surface area (Å²) in [7, 11) is 0. The van der Waals surface area contributed by atoms with Gasteiger partial charge in [-0.05, 0) is 18.2 Å². The van der Waals surface area contributed by atoms with Crippen LogP contribution in [0.25, 0.3) is 0 Å². The molecule has 1 fully saturated rings. The van der Waals surface area contributed by atoms with Gasteiger partial charge in [-0.3, -0.25) is 4.90 Å². The lowest BCUT2D eigenvalue weighted by atomic mass is 10.1. The minimum Gasteiger partial charge on any atom is -0.378 e. The van der Waals surface area contributed by atoms with Crippen LogP contribution in [0.1, 0.15) is 5.56 Å². The lowest BCUT2D eigenvalue weighted by molar-refractivity contribution is -0.00255. The summed E-state index contributed by atoms with van der Waals surface area (Å²) < 4.78 is 19.0. The zero-order valence-corrected chi connectivity index (χ0v) is 11.7. The Morgan fingerprint density at radius 3 is 3.12 bits per heavy atom. The molecule has 0 aliphatic carbocycles. The molecular weight excluding hydrogens is 308 g/mol. The molecule has 0 spiro atoms. The van der Waals surface area contributed by atoms with E-state index in [1.165, 1.54) is 6.07 Å². The minimum atomic E-state index is -0.200. The molecule has 1 unspecified atom stereocenters. The number of morpholine rings is 1. The van der Waals surface area contributed by atoms with Crippen LogP contribution in [0, 0.1) is 5.82 Å². The number of halogens is 3. The predicted octanol–water partition coefficient (Wildman–Crippen LogP) is 3.07. The highest BCUT2D eigenvalue weighted by Gasteiger charge is 2.22. The smallest absolute Gasteiger partial charge is 0.127 e. The zero-order chi connectivity index (χ0) is 12.3. The first-order chi connectivity index (χ1) is 8.20. The Hall–Kier alpha value is -0.160. The third-order valence-corrected chi connectivity index (χ3v) is 3.89. The summed E-state index contributed by atoms with van der Waals surface area (Å²) in [6.07, 6.45) is 0. The fraction of sp³-hybridized carbons (Fsp3) is 0.500. The van der Waals surface area contributed by atoms with Crippen LogP contribution in [0.2, 0.25) is 5.02 Å². The largest absolute Gasteiger partial charge is 0.378 e. The van der Waals surface area contributed by atoms with Gasteiger partial charge in [-0.1, -0.05) is 27.5 Å². The van der Waals surface area contributed by atoms with Gasteiger partial charge in [-0.2, -0.15) is 0 Å². The van der Waals surface area contributed by atoms with Gasteiger partial charge in [-0.25, -0.2) is 4.39 Å². The summed E-state index contributed by atoms with van der Waals surface area (Å²) in [6.45, 7) is 2.79. The molecule has 94 valence electrons. The Morgan fingerprint density at radius 2 is 2.35 bits per heavy atom. The van der Waals surface area contributed by atoms with Crippen LogP contribution in [0.5, 0.6) is 0 Å². The Kier molecular flexibility index (Phi) is 4.79. The SMILES string of the molecule is Fc1ccc(Cl)cc1CN1CCOCC1CBr. The van der Waals surface area contributed by atoms with Crippen molar-refractivity contribution in [3.05, 3.63) is 34.6 Å². The highest BCUT2D eigenvalue weighted by atomic mass is 79.9. The number of nitrogens with zero attached hydrogens (tertiary/aromatic N) is 1. The van der Waals surface area contributed by atoms with E-state index in [-0.39, 0.29) is 5.82 Å². The summed E-state index contributed by atoms with van der Waals surface area (Å²) in [4.78, 5) is 2.22. The van der Waals surface area contributed by atoms with Crippen molar-refractivity contribution in [1.82, 2.24) is 4.90 Å². The molecule has 1 aliphatic heterocycles. The van der Waals surface area contributed by atoms with Crippen LogP contribution in [-0.4, -0.2) is 36.0 Å². The van der Waals surface area contributed by atoms with E-state index in [0.29, 0.717) is 36.4 Å². The molecule has 0 aromatic heterocycles. The Morgan fingerprint density at radius 1 is 1.53 bits per heavy atom. The molecule has 1 aromatic rings. The first kappa shape index (κ1) is 13.3. The lowest BCUT2D eigenvalue weighted by Gasteiger charge is -2.34. The first-order valence-electron chi connectivity index (χ1n) is 5.52. The van der Waals surface area contributed by atoms with Crippen molar-refractivity contribution in [2.24, 2.45) is 0 Å². The fourth-order valence-electron chi connectivity index (χ4n) is 1.92. The Bertz CT molecular complexity index is 391. The van der Waals surface area contributed by atoms with Crippen LogP contribution in [0.4, 0.5) is 4.39 Å². The predicted molar refractivity (Wildman–Crippen MR) is 70.2 cm³/mol. The van der Waals surface area contributed by atoms with E-state index in [1.54, 1.807) is 12.1 Å². The van der Waals surface area contributed by atoms with Gasteiger partial charge >= 0.3 is 0 Å². The van der Waals surface area contributed by atoms with Crippen molar-refractivity contribution < 1.29 is 9.13 Å². The topological polar surface area (TPSA) is 12.5 Å². The third kappa shape index (κ3) is 3.41. The minimum absolute atomic E-state index is 0.200. The maximum atomic E-state index is 13.6. The van der Waals surface area contributed by atoms with Crippen molar-refractivity contribution >= 4 is 27.5 Å². The number of benzene rings is 1. The molecule has 5 heteroatoms. The number of hydrogen-bond acceptors (Lipinski definition) is 2. The van der Waals surface area contributed by atoms with Crippen molar-refractivity contribution in [2.45, 2.75) is 12.6 Å². The number of alkyl halides is 1. The summed E-state index contributed by atoms with van der Waals surface area (Å²) in [6, 6.07) is 4.97. The number of rotatable bonds is 3.